The quantitative estimate of drug-likeness (QED) is 0.900. The van der Waals surface area contributed by atoms with E-state index >= 15 is 0 Å². The van der Waals surface area contributed by atoms with Crippen LogP contribution >= 0.6 is 0 Å². The molecule has 0 unspecified atom stereocenters. The van der Waals surface area contributed by atoms with Gasteiger partial charge in [-0.3, -0.25) is 0 Å². The Balaban J connectivity index is 2.30. The lowest BCUT2D eigenvalue weighted by Crippen LogP contribution is -2.05. The van der Waals surface area contributed by atoms with Crippen LogP contribution in [0, 0.1) is 0 Å². The Kier molecular flexibility index (Phi) is 3.31. The lowest BCUT2D eigenvalue weighted by molar-refractivity contribution is 0.246. The van der Waals surface area contributed by atoms with Gasteiger partial charge in [0.05, 0.1) is 16.9 Å². The summed E-state index contributed by atoms with van der Waals surface area (Å²) >= 11 is 0. The molecule has 0 aliphatic carbocycles. The van der Waals surface area contributed by atoms with Crippen LogP contribution in [0.15, 0.2) is 52.0 Å². The van der Waals surface area contributed by atoms with Gasteiger partial charge in [0.1, 0.15) is 12.4 Å². The summed E-state index contributed by atoms with van der Waals surface area (Å²) in [6, 6.07) is 9.77. The Hall–Kier alpha value is -1.59. The zero-order valence-corrected chi connectivity index (χ0v) is 9.85. The number of hydrogen-bond donors (Lipinski definition) is 1. The number of aliphatic hydroxyl groups excluding tert-OH is 1. The van der Waals surface area contributed by atoms with Crippen LogP contribution in [0.25, 0.3) is 0 Å². The lowest BCUT2D eigenvalue weighted by atomic mass is 10.3. The van der Waals surface area contributed by atoms with Crippen LogP contribution in [0.3, 0.4) is 0 Å². The molecule has 2 rings (SSSR count). The van der Waals surface area contributed by atoms with Crippen molar-refractivity contribution in [2.45, 2.75) is 17.3 Å². The van der Waals surface area contributed by atoms with Crippen molar-refractivity contribution in [1.29, 1.82) is 0 Å². The summed E-state index contributed by atoms with van der Waals surface area (Å²) in [6.45, 7) is -0.299. The molecule has 1 N–H and O–H groups in total. The minimum atomic E-state index is -3.39. The first-order valence-electron chi connectivity index (χ1n) is 5.07. The fourth-order valence-corrected chi connectivity index (χ4v) is 2.96. The van der Waals surface area contributed by atoms with Gasteiger partial charge in [-0.1, -0.05) is 18.2 Å². The third kappa shape index (κ3) is 2.57. The Bertz CT molecular complexity index is 584. The zero-order chi connectivity index (χ0) is 12.3. The molecule has 1 aromatic carbocycles. The van der Waals surface area contributed by atoms with Gasteiger partial charge < -0.3 is 9.52 Å². The predicted octanol–water partition coefficient (Wildman–Crippen LogP) is 1.75. The molecule has 1 heterocycles. The summed E-state index contributed by atoms with van der Waals surface area (Å²) in [7, 11) is -3.39. The Morgan fingerprint density at radius 3 is 2.47 bits per heavy atom. The summed E-state index contributed by atoms with van der Waals surface area (Å²) in [5.41, 5.74) is 0.497. The van der Waals surface area contributed by atoms with Crippen molar-refractivity contribution in [3.05, 3.63) is 54.0 Å². The Labute approximate surface area is 99.4 Å². The molecule has 0 aliphatic heterocycles. The second-order valence-electron chi connectivity index (χ2n) is 3.60. The molecule has 0 aliphatic rings. The summed E-state index contributed by atoms with van der Waals surface area (Å²) in [5, 5.41) is 8.99. The van der Waals surface area contributed by atoms with Gasteiger partial charge in [0.2, 0.25) is 0 Å². The van der Waals surface area contributed by atoms with E-state index in [1.54, 1.807) is 36.4 Å². The molecule has 0 radical (unpaired) electrons. The van der Waals surface area contributed by atoms with Crippen LogP contribution in [0.5, 0.6) is 0 Å². The van der Waals surface area contributed by atoms with Gasteiger partial charge in [-0.2, -0.15) is 0 Å². The van der Waals surface area contributed by atoms with E-state index in [0.717, 1.165) is 0 Å². The van der Waals surface area contributed by atoms with E-state index in [-0.39, 0.29) is 17.3 Å². The van der Waals surface area contributed by atoms with Gasteiger partial charge in [0.15, 0.2) is 9.84 Å². The number of aliphatic hydroxyl groups is 1. The first kappa shape index (κ1) is 11.9. The molecule has 1 aromatic heterocycles. The van der Waals surface area contributed by atoms with Crippen LogP contribution in [0.2, 0.25) is 0 Å². The topological polar surface area (TPSA) is 67.5 Å². The van der Waals surface area contributed by atoms with Crippen molar-refractivity contribution < 1.29 is 17.9 Å². The largest absolute Gasteiger partial charge is 0.467 e. The molecular formula is C12H12O4S. The van der Waals surface area contributed by atoms with Gasteiger partial charge in [-0.25, -0.2) is 8.42 Å². The molecule has 17 heavy (non-hydrogen) atoms. The molecule has 4 nitrogen and oxygen atoms in total. The number of sulfone groups is 1. The monoisotopic (exact) mass is 252 g/mol. The normalized spacial score (nSPS) is 11.6. The number of benzene rings is 1. The molecule has 5 heteroatoms. The highest BCUT2D eigenvalue weighted by atomic mass is 32.2. The highest BCUT2D eigenvalue weighted by Gasteiger charge is 2.18. The standard InChI is InChI=1S/C12H12O4S/c13-8-12-10(6-7-16-12)9-17(14,15)11-4-2-1-3-5-11/h1-7,13H,8-9H2. The minimum absolute atomic E-state index is 0.163. The summed E-state index contributed by atoms with van der Waals surface area (Å²) in [5.74, 6) is 0.133. The van der Waals surface area contributed by atoms with Crippen LogP contribution in [-0.4, -0.2) is 13.5 Å². The maximum Gasteiger partial charge on any atom is 0.182 e. The molecule has 0 fully saturated rings. The fourth-order valence-electron chi connectivity index (χ4n) is 1.55. The second kappa shape index (κ2) is 4.73. The lowest BCUT2D eigenvalue weighted by Gasteiger charge is -2.03. The molecule has 0 bridgehead atoms. The second-order valence-corrected chi connectivity index (χ2v) is 5.59. The molecular weight excluding hydrogens is 240 g/mol. The van der Waals surface area contributed by atoms with Gasteiger partial charge in [0, 0.05) is 5.56 Å². The highest BCUT2D eigenvalue weighted by Crippen LogP contribution is 2.19. The molecule has 0 spiro atoms. The van der Waals surface area contributed by atoms with Crippen LogP contribution < -0.4 is 0 Å². The summed E-state index contributed by atoms with van der Waals surface area (Å²) < 4.78 is 29.1. The molecule has 2 aromatic rings. The van der Waals surface area contributed by atoms with Crippen molar-refractivity contribution in [2.75, 3.05) is 0 Å². The predicted molar refractivity (Wildman–Crippen MR) is 62.0 cm³/mol. The molecule has 0 saturated carbocycles. The average molecular weight is 252 g/mol. The fraction of sp³-hybridized carbons (Fsp3) is 0.167. The van der Waals surface area contributed by atoms with Crippen LogP contribution in [0.1, 0.15) is 11.3 Å². The van der Waals surface area contributed by atoms with Crippen molar-refractivity contribution in [3.8, 4) is 0 Å². The third-order valence-corrected chi connectivity index (χ3v) is 4.11. The van der Waals surface area contributed by atoms with E-state index < -0.39 is 9.84 Å². The van der Waals surface area contributed by atoms with Crippen molar-refractivity contribution in [1.82, 2.24) is 0 Å². The zero-order valence-electron chi connectivity index (χ0n) is 9.04. The van der Waals surface area contributed by atoms with Crippen molar-refractivity contribution in [2.24, 2.45) is 0 Å². The number of hydrogen-bond acceptors (Lipinski definition) is 4. The van der Waals surface area contributed by atoms with E-state index in [0.29, 0.717) is 11.3 Å². The van der Waals surface area contributed by atoms with Crippen molar-refractivity contribution in [3.63, 3.8) is 0 Å². The SMILES string of the molecule is O=S(=O)(Cc1ccoc1CO)c1ccccc1. The van der Waals surface area contributed by atoms with Crippen LogP contribution in [-0.2, 0) is 22.2 Å². The van der Waals surface area contributed by atoms with E-state index in [4.69, 9.17) is 9.52 Å². The third-order valence-electron chi connectivity index (χ3n) is 2.43. The van der Waals surface area contributed by atoms with E-state index in [2.05, 4.69) is 0 Å². The molecule has 0 saturated heterocycles. The maximum atomic E-state index is 12.0. The summed E-state index contributed by atoms with van der Waals surface area (Å²) in [6.07, 6.45) is 1.38. The van der Waals surface area contributed by atoms with Crippen molar-refractivity contribution >= 4 is 9.84 Å². The Morgan fingerprint density at radius 1 is 1.12 bits per heavy atom. The van der Waals surface area contributed by atoms with Gasteiger partial charge in [-0.05, 0) is 18.2 Å². The highest BCUT2D eigenvalue weighted by molar-refractivity contribution is 7.90. The smallest absolute Gasteiger partial charge is 0.182 e. The average Bonchev–Trinajstić information content (AvgIpc) is 2.77. The van der Waals surface area contributed by atoms with E-state index in [1.165, 1.54) is 6.26 Å². The van der Waals surface area contributed by atoms with Gasteiger partial charge >= 0.3 is 0 Å². The van der Waals surface area contributed by atoms with E-state index in [1.807, 2.05) is 0 Å². The van der Waals surface area contributed by atoms with Gasteiger partial charge in [0.25, 0.3) is 0 Å². The maximum absolute atomic E-state index is 12.0. The minimum Gasteiger partial charge on any atom is -0.467 e. The molecule has 0 atom stereocenters. The first-order chi connectivity index (χ1) is 8.13. The number of furan rings is 1. The van der Waals surface area contributed by atoms with Crippen LogP contribution in [0.4, 0.5) is 0 Å². The van der Waals surface area contributed by atoms with E-state index in [9.17, 15) is 8.42 Å². The molecule has 90 valence electrons. The first-order valence-corrected chi connectivity index (χ1v) is 6.72. The Morgan fingerprint density at radius 2 is 1.82 bits per heavy atom. The summed E-state index contributed by atoms with van der Waals surface area (Å²) in [4.78, 5) is 0.269. The van der Waals surface area contributed by atoms with Gasteiger partial charge in [-0.15, -0.1) is 0 Å². The molecule has 0 amide bonds. The number of rotatable bonds is 4.